The van der Waals surface area contributed by atoms with Crippen molar-refractivity contribution in [2.75, 3.05) is 5.32 Å². The van der Waals surface area contributed by atoms with Crippen LogP contribution < -0.4 is 10.6 Å². The predicted molar refractivity (Wildman–Crippen MR) is 62.2 cm³/mol. The molecule has 3 N–H and O–H groups in total. The molecule has 0 aromatic heterocycles. The van der Waals surface area contributed by atoms with Crippen LogP contribution in [0.25, 0.3) is 0 Å². The Hall–Kier alpha value is -1.55. The predicted octanol–water partition coefficient (Wildman–Crippen LogP) is 1.85. The van der Waals surface area contributed by atoms with E-state index in [4.69, 9.17) is 5.11 Å². The Morgan fingerprint density at radius 2 is 2.25 bits per heavy atom. The van der Waals surface area contributed by atoms with Crippen LogP contribution in [0.1, 0.15) is 24.8 Å². The molecule has 4 heteroatoms. The zero-order valence-corrected chi connectivity index (χ0v) is 9.07. The number of urea groups is 1. The topological polar surface area (TPSA) is 61.4 Å². The van der Waals surface area contributed by atoms with Crippen molar-refractivity contribution in [2.24, 2.45) is 0 Å². The smallest absolute Gasteiger partial charge is 0.319 e. The molecule has 0 spiro atoms. The van der Waals surface area contributed by atoms with Crippen LogP contribution in [-0.2, 0) is 6.61 Å². The van der Waals surface area contributed by atoms with E-state index in [9.17, 15) is 4.79 Å². The van der Waals surface area contributed by atoms with Gasteiger partial charge in [-0.3, -0.25) is 0 Å². The third-order valence-corrected chi connectivity index (χ3v) is 2.81. The first-order chi connectivity index (χ1) is 7.78. The second-order valence-corrected chi connectivity index (χ2v) is 4.08. The zero-order valence-electron chi connectivity index (χ0n) is 9.07. The lowest BCUT2D eigenvalue weighted by molar-refractivity contribution is 0.240. The van der Waals surface area contributed by atoms with E-state index in [0.29, 0.717) is 11.7 Å². The molecule has 1 aromatic carbocycles. The summed E-state index contributed by atoms with van der Waals surface area (Å²) < 4.78 is 0. The summed E-state index contributed by atoms with van der Waals surface area (Å²) in [5.41, 5.74) is 1.50. The first-order valence-electron chi connectivity index (χ1n) is 5.55. The van der Waals surface area contributed by atoms with Crippen LogP contribution >= 0.6 is 0 Å². The number of aliphatic hydroxyl groups is 1. The Bertz CT molecular complexity index is 375. The first-order valence-corrected chi connectivity index (χ1v) is 5.55. The van der Waals surface area contributed by atoms with Gasteiger partial charge in [-0.15, -0.1) is 0 Å². The molecule has 1 aliphatic rings. The molecule has 0 saturated heterocycles. The maximum atomic E-state index is 11.5. The summed E-state index contributed by atoms with van der Waals surface area (Å²) in [6.45, 7) is -0.0141. The normalized spacial score (nSPS) is 15.3. The van der Waals surface area contributed by atoms with Gasteiger partial charge >= 0.3 is 6.03 Å². The molecule has 0 atom stereocenters. The van der Waals surface area contributed by atoms with Gasteiger partial charge < -0.3 is 15.7 Å². The number of aliphatic hydroxyl groups excluding tert-OH is 1. The van der Waals surface area contributed by atoms with Gasteiger partial charge in [-0.1, -0.05) is 12.1 Å². The third kappa shape index (κ3) is 2.73. The van der Waals surface area contributed by atoms with Gasteiger partial charge in [0.15, 0.2) is 0 Å². The van der Waals surface area contributed by atoms with Gasteiger partial charge in [0.1, 0.15) is 0 Å². The molecule has 0 bridgehead atoms. The van der Waals surface area contributed by atoms with E-state index < -0.39 is 0 Å². The Balaban J connectivity index is 1.89. The molecule has 1 aromatic rings. The van der Waals surface area contributed by atoms with Crippen molar-refractivity contribution >= 4 is 11.7 Å². The lowest BCUT2D eigenvalue weighted by atomic mass is 9.93. The molecule has 2 amide bonds. The lowest BCUT2D eigenvalue weighted by Gasteiger charge is -2.26. The number of nitrogens with one attached hydrogen (secondary N) is 2. The molecule has 1 aliphatic carbocycles. The van der Waals surface area contributed by atoms with Crippen LogP contribution in [0.5, 0.6) is 0 Å². The summed E-state index contributed by atoms with van der Waals surface area (Å²) in [6.07, 6.45) is 3.35. The van der Waals surface area contributed by atoms with Crippen molar-refractivity contribution in [3.8, 4) is 0 Å². The SMILES string of the molecule is O=C(Nc1cccc(CO)c1)NC1CCC1. The summed E-state index contributed by atoms with van der Waals surface area (Å²) in [4.78, 5) is 11.5. The van der Waals surface area contributed by atoms with Gasteiger partial charge in [-0.05, 0) is 37.0 Å². The molecule has 86 valence electrons. The fourth-order valence-corrected chi connectivity index (χ4v) is 1.65. The number of amides is 2. The van der Waals surface area contributed by atoms with Crippen LogP contribution in [0.3, 0.4) is 0 Å². The quantitative estimate of drug-likeness (QED) is 0.728. The van der Waals surface area contributed by atoms with Gasteiger partial charge in [-0.2, -0.15) is 0 Å². The van der Waals surface area contributed by atoms with Crippen molar-refractivity contribution in [1.82, 2.24) is 5.32 Å². The van der Waals surface area contributed by atoms with Crippen LogP contribution in [0.2, 0.25) is 0 Å². The van der Waals surface area contributed by atoms with E-state index in [1.165, 1.54) is 6.42 Å². The number of hydrogen-bond donors (Lipinski definition) is 3. The minimum Gasteiger partial charge on any atom is -0.392 e. The summed E-state index contributed by atoms with van der Waals surface area (Å²) in [5, 5.41) is 14.6. The summed E-state index contributed by atoms with van der Waals surface area (Å²) in [5.74, 6) is 0. The highest BCUT2D eigenvalue weighted by Gasteiger charge is 2.19. The van der Waals surface area contributed by atoms with Gasteiger partial charge in [0, 0.05) is 11.7 Å². The Labute approximate surface area is 94.7 Å². The monoisotopic (exact) mass is 220 g/mol. The molecule has 1 fully saturated rings. The van der Waals surface area contributed by atoms with Gasteiger partial charge in [0.25, 0.3) is 0 Å². The van der Waals surface area contributed by atoms with Crippen molar-refractivity contribution in [2.45, 2.75) is 31.9 Å². The number of carbonyl (C=O) groups excluding carboxylic acids is 1. The van der Waals surface area contributed by atoms with Crippen molar-refractivity contribution in [1.29, 1.82) is 0 Å². The molecular weight excluding hydrogens is 204 g/mol. The second-order valence-electron chi connectivity index (χ2n) is 4.08. The molecule has 0 unspecified atom stereocenters. The van der Waals surface area contributed by atoms with Crippen LogP contribution in [0, 0.1) is 0 Å². The molecule has 16 heavy (non-hydrogen) atoms. The zero-order chi connectivity index (χ0) is 11.4. The maximum absolute atomic E-state index is 11.5. The van der Waals surface area contributed by atoms with Crippen LogP contribution in [0.4, 0.5) is 10.5 Å². The minimum absolute atomic E-state index is 0.0141. The molecule has 0 radical (unpaired) electrons. The van der Waals surface area contributed by atoms with Crippen LogP contribution in [-0.4, -0.2) is 17.2 Å². The summed E-state index contributed by atoms with van der Waals surface area (Å²) in [7, 11) is 0. The van der Waals surface area contributed by atoms with Crippen molar-refractivity contribution < 1.29 is 9.90 Å². The first kappa shape index (κ1) is 11.0. The number of hydrogen-bond acceptors (Lipinski definition) is 2. The fourth-order valence-electron chi connectivity index (χ4n) is 1.65. The molecule has 0 heterocycles. The van der Waals surface area contributed by atoms with Crippen molar-refractivity contribution in [3.63, 3.8) is 0 Å². The number of anilines is 1. The molecule has 1 saturated carbocycles. The van der Waals surface area contributed by atoms with E-state index in [1.54, 1.807) is 12.1 Å². The number of carbonyl (C=O) groups is 1. The Morgan fingerprint density at radius 3 is 2.88 bits per heavy atom. The van der Waals surface area contributed by atoms with E-state index in [1.807, 2.05) is 12.1 Å². The number of benzene rings is 1. The Kier molecular flexibility index (Phi) is 3.41. The minimum atomic E-state index is -0.167. The standard InChI is InChI=1S/C12H16N2O2/c15-8-9-3-1-6-11(7-9)14-12(16)13-10-4-2-5-10/h1,3,6-7,10,15H,2,4-5,8H2,(H2,13,14,16). The van der Waals surface area contributed by atoms with E-state index >= 15 is 0 Å². The van der Waals surface area contributed by atoms with Gasteiger partial charge in [0.2, 0.25) is 0 Å². The molecule has 2 rings (SSSR count). The van der Waals surface area contributed by atoms with Crippen LogP contribution in [0.15, 0.2) is 24.3 Å². The highest BCUT2D eigenvalue weighted by atomic mass is 16.3. The second kappa shape index (κ2) is 4.99. The summed E-state index contributed by atoms with van der Waals surface area (Å²) in [6, 6.07) is 7.36. The summed E-state index contributed by atoms with van der Waals surface area (Å²) >= 11 is 0. The van der Waals surface area contributed by atoms with Gasteiger partial charge in [0.05, 0.1) is 6.61 Å². The van der Waals surface area contributed by atoms with E-state index in [0.717, 1.165) is 18.4 Å². The average Bonchev–Trinajstić information content (AvgIpc) is 2.24. The molecular formula is C12H16N2O2. The molecule has 4 nitrogen and oxygen atoms in total. The lowest BCUT2D eigenvalue weighted by Crippen LogP contribution is -2.41. The molecule has 0 aliphatic heterocycles. The highest BCUT2D eigenvalue weighted by Crippen LogP contribution is 2.18. The van der Waals surface area contributed by atoms with E-state index in [-0.39, 0.29) is 12.6 Å². The number of rotatable bonds is 3. The largest absolute Gasteiger partial charge is 0.392 e. The van der Waals surface area contributed by atoms with Gasteiger partial charge in [-0.25, -0.2) is 4.79 Å². The highest BCUT2D eigenvalue weighted by molar-refractivity contribution is 5.89. The fraction of sp³-hybridized carbons (Fsp3) is 0.417. The maximum Gasteiger partial charge on any atom is 0.319 e. The Morgan fingerprint density at radius 1 is 1.44 bits per heavy atom. The van der Waals surface area contributed by atoms with E-state index in [2.05, 4.69) is 10.6 Å². The third-order valence-electron chi connectivity index (χ3n) is 2.81. The van der Waals surface area contributed by atoms with Crippen molar-refractivity contribution in [3.05, 3.63) is 29.8 Å². The average molecular weight is 220 g/mol.